The van der Waals surface area contributed by atoms with Crippen LogP contribution in [0.3, 0.4) is 0 Å². The van der Waals surface area contributed by atoms with Gasteiger partial charge >= 0.3 is 6.18 Å². The Morgan fingerprint density at radius 1 is 1.11 bits per heavy atom. The zero-order valence-electron chi connectivity index (χ0n) is 19.4. The van der Waals surface area contributed by atoms with Gasteiger partial charge in [-0.15, -0.1) is 0 Å². The van der Waals surface area contributed by atoms with E-state index in [2.05, 4.69) is 42.4 Å². The van der Waals surface area contributed by atoms with Crippen molar-refractivity contribution in [3.8, 4) is 5.88 Å². The van der Waals surface area contributed by atoms with Gasteiger partial charge in [0.2, 0.25) is 17.7 Å². The molecular weight excluding hydrogens is 475 g/mol. The third-order valence-electron chi connectivity index (χ3n) is 5.40. The van der Waals surface area contributed by atoms with Crippen LogP contribution in [-0.2, 0) is 11.0 Å². The van der Waals surface area contributed by atoms with Gasteiger partial charge in [-0.2, -0.15) is 23.1 Å². The number of rotatable bonds is 8. The Morgan fingerprint density at radius 3 is 2.50 bits per heavy atom. The van der Waals surface area contributed by atoms with E-state index in [0.717, 1.165) is 32.0 Å². The minimum Gasteiger partial charge on any atom is -0.481 e. The van der Waals surface area contributed by atoms with Crippen LogP contribution in [0.2, 0.25) is 0 Å². The van der Waals surface area contributed by atoms with Gasteiger partial charge in [0.05, 0.1) is 18.5 Å². The van der Waals surface area contributed by atoms with Gasteiger partial charge in [0.15, 0.2) is 0 Å². The molecule has 3 aromatic rings. The van der Waals surface area contributed by atoms with Crippen LogP contribution in [0.4, 0.5) is 47.8 Å². The number of carbonyl (C=O) groups is 1. The Bertz CT molecular complexity index is 1260. The molecule has 3 N–H and O–H groups in total. The standard InChI is InChI=1S/C24H24F3N7O2/c1-3-20(35)30-17-8-4-5-9-18(17)31-22-16(24(25,26)27)14-28-23(33-22)29-15-12-19(32-21(13-15)36-2)34-10-6-7-11-34/h3-5,8-9,12-14H,1,6-7,10-11H2,2H3,(H,30,35)(H2,28,29,31,32,33). The molecule has 1 aromatic carbocycles. The third kappa shape index (κ3) is 5.82. The zero-order chi connectivity index (χ0) is 25.7. The molecule has 0 radical (unpaired) electrons. The molecule has 0 atom stereocenters. The molecule has 0 saturated carbocycles. The van der Waals surface area contributed by atoms with Crippen molar-refractivity contribution in [2.75, 3.05) is 41.0 Å². The number of hydrogen-bond donors (Lipinski definition) is 3. The third-order valence-corrected chi connectivity index (χ3v) is 5.40. The van der Waals surface area contributed by atoms with Gasteiger partial charge in [-0.3, -0.25) is 4.79 Å². The van der Waals surface area contributed by atoms with Gasteiger partial charge < -0.3 is 25.6 Å². The molecule has 1 aliphatic heterocycles. The number of amides is 1. The summed E-state index contributed by atoms with van der Waals surface area (Å²) in [6.07, 6.45) is -0.865. The smallest absolute Gasteiger partial charge is 0.421 e. The van der Waals surface area contributed by atoms with Crippen molar-refractivity contribution in [3.05, 3.63) is 60.8 Å². The van der Waals surface area contributed by atoms with Crippen molar-refractivity contribution in [1.82, 2.24) is 15.0 Å². The summed E-state index contributed by atoms with van der Waals surface area (Å²) in [7, 11) is 1.49. The van der Waals surface area contributed by atoms with Crippen molar-refractivity contribution in [2.45, 2.75) is 19.0 Å². The number of carbonyl (C=O) groups excluding carboxylic acids is 1. The van der Waals surface area contributed by atoms with Gasteiger partial charge in [0.25, 0.3) is 0 Å². The maximum atomic E-state index is 13.7. The maximum Gasteiger partial charge on any atom is 0.421 e. The van der Waals surface area contributed by atoms with Gasteiger partial charge in [0.1, 0.15) is 17.2 Å². The number of halogens is 3. The van der Waals surface area contributed by atoms with Gasteiger partial charge in [-0.05, 0) is 31.1 Å². The van der Waals surface area contributed by atoms with Crippen molar-refractivity contribution in [3.63, 3.8) is 0 Å². The van der Waals surface area contributed by atoms with Crippen LogP contribution in [0.5, 0.6) is 5.88 Å². The summed E-state index contributed by atoms with van der Waals surface area (Å²) in [6, 6.07) is 9.68. The quantitative estimate of drug-likeness (QED) is 0.368. The second kappa shape index (κ2) is 10.5. The number of benzene rings is 1. The summed E-state index contributed by atoms with van der Waals surface area (Å²) in [6.45, 7) is 5.09. The second-order valence-corrected chi connectivity index (χ2v) is 7.89. The predicted molar refractivity (Wildman–Crippen MR) is 131 cm³/mol. The van der Waals surface area contributed by atoms with Gasteiger partial charge in [-0.25, -0.2) is 4.98 Å². The maximum absolute atomic E-state index is 13.7. The first-order chi connectivity index (χ1) is 17.3. The Labute approximate surface area is 205 Å². The number of aromatic nitrogens is 3. The molecule has 3 heterocycles. The monoisotopic (exact) mass is 499 g/mol. The Kier molecular flexibility index (Phi) is 7.23. The normalized spacial score (nSPS) is 13.3. The van der Waals surface area contributed by atoms with E-state index in [-0.39, 0.29) is 17.3 Å². The Morgan fingerprint density at radius 2 is 1.83 bits per heavy atom. The average molecular weight is 499 g/mol. The summed E-state index contributed by atoms with van der Waals surface area (Å²) in [4.78, 5) is 26.3. The summed E-state index contributed by atoms with van der Waals surface area (Å²) in [5.74, 6) is -0.0313. The Hall–Kier alpha value is -4.35. The number of nitrogens with one attached hydrogen (secondary N) is 3. The topological polar surface area (TPSA) is 104 Å². The summed E-state index contributed by atoms with van der Waals surface area (Å²) < 4.78 is 46.5. The van der Waals surface area contributed by atoms with E-state index < -0.39 is 23.5 Å². The number of nitrogens with zero attached hydrogens (tertiary/aromatic N) is 4. The number of pyridine rings is 1. The van der Waals surface area contributed by atoms with Crippen LogP contribution in [0.15, 0.2) is 55.3 Å². The van der Waals surface area contributed by atoms with Crippen LogP contribution >= 0.6 is 0 Å². The lowest BCUT2D eigenvalue weighted by molar-refractivity contribution is -0.137. The minimum absolute atomic E-state index is 0.0706. The number of para-hydroxylation sites is 2. The van der Waals surface area contributed by atoms with E-state index in [9.17, 15) is 18.0 Å². The molecule has 9 nitrogen and oxygen atoms in total. The van der Waals surface area contributed by atoms with E-state index in [1.165, 1.54) is 13.2 Å². The molecule has 1 aliphatic rings. The molecule has 1 fully saturated rings. The van der Waals surface area contributed by atoms with E-state index in [1.54, 1.807) is 30.3 Å². The van der Waals surface area contributed by atoms with Crippen molar-refractivity contribution < 1.29 is 22.7 Å². The molecule has 12 heteroatoms. The highest BCUT2D eigenvalue weighted by Gasteiger charge is 2.35. The van der Waals surface area contributed by atoms with Crippen LogP contribution in [0.25, 0.3) is 0 Å². The number of hydrogen-bond acceptors (Lipinski definition) is 8. The number of methoxy groups -OCH3 is 1. The molecular formula is C24H24F3N7O2. The first-order valence-electron chi connectivity index (χ1n) is 11.1. The first kappa shape index (κ1) is 24.8. The number of alkyl halides is 3. The van der Waals surface area contributed by atoms with E-state index in [4.69, 9.17) is 4.74 Å². The first-order valence-corrected chi connectivity index (χ1v) is 11.1. The van der Waals surface area contributed by atoms with Crippen LogP contribution in [-0.4, -0.2) is 41.1 Å². The van der Waals surface area contributed by atoms with E-state index >= 15 is 0 Å². The van der Waals surface area contributed by atoms with Crippen LogP contribution in [0, 0.1) is 0 Å². The molecule has 0 spiro atoms. The molecule has 188 valence electrons. The fourth-order valence-corrected chi connectivity index (χ4v) is 3.66. The highest BCUT2D eigenvalue weighted by Crippen LogP contribution is 2.37. The lowest BCUT2D eigenvalue weighted by atomic mass is 10.2. The molecule has 0 bridgehead atoms. The van der Waals surface area contributed by atoms with Crippen molar-refractivity contribution >= 4 is 40.6 Å². The molecule has 4 rings (SSSR count). The van der Waals surface area contributed by atoms with E-state index in [1.807, 2.05) is 0 Å². The molecule has 1 saturated heterocycles. The van der Waals surface area contributed by atoms with Crippen molar-refractivity contribution in [1.29, 1.82) is 0 Å². The summed E-state index contributed by atoms with van der Waals surface area (Å²) in [5, 5.41) is 8.17. The highest BCUT2D eigenvalue weighted by atomic mass is 19.4. The van der Waals surface area contributed by atoms with Gasteiger partial charge in [0, 0.05) is 37.1 Å². The molecule has 1 amide bonds. The number of anilines is 6. The van der Waals surface area contributed by atoms with Gasteiger partial charge in [-0.1, -0.05) is 18.7 Å². The predicted octanol–water partition coefficient (Wildman–Crippen LogP) is 5.11. The average Bonchev–Trinajstić information content (AvgIpc) is 3.39. The molecule has 0 unspecified atom stereocenters. The summed E-state index contributed by atoms with van der Waals surface area (Å²) >= 11 is 0. The summed E-state index contributed by atoms with van der Waals surface area (Å²) in [5.41, 5.74) is -0.0846. The van der Waals surface area contributed by atoms with Crippen LogP contribution in [0.1, 0.15) is 18.4 Å². The van der Waals surface area contributed by atoms with E-state index in [0.29, 0.717) is 23.6 Å². The fourth-order valence-electron chi connectivity index (χ4n) is 3.66. The molecule has 36 heavy (non-hydrogen) atoms. The number of ether oxygens (including phenoxy) is 1. The van der Waals surface area contributed by atoms with Crippen LogP contribution < -0.4 is 25.6 Å². The largest absolute Gasteiger partial charge is 0.481 e. The zero-order valence-corrected chi connectivity index (χ0v) is 19.4. The van der Waals surface area contributed by atoms with Crippen molar-refractivity contribution in [2.24, 2.45) is 0 Å². The molecule has 0 aliphatic carbocycles. The minimum atomic E-state index is -4.72. The second-order valence-electron chi connectivity index (χ2n) is 7.89. The Balaban J connectivity index is 1.67. The lowest BCUT2D eigenvalue weighted by Gasteiger charge is -2.19. The fraction of sp³-hybridized carbons (Fsp3) is 0.250. The molecule has 2 aromatic heterocycles. The highest BCUT2D eigenvalue weighted by molar-refractivity contribution is 6.01. The SMILES string of the molecule is C=CC(=O)Nc1ccccc1Nc1nc(Nc2cc(OC)nc(N3CCCC3)c2)ncc1C(F)(F)F. The lowest BCUT2D eigenvalue weighted by Crippen LogP contribution is -2.19.